The Bertz CT molecular complexity index is 247. The van der Waals surface area contributed by atoms with E-state index in [1.807, 2.05) is 0 Å². The molecule has 0 aliphatic rings. The van der Waals surface area contributed by atoms with E-state index in [4.69, 9.17) is 9.84 Å². The van der Waals surface area contributed by atoms with E-state index in [2.05, 4.69) is 11.9 Å². The van der Waals surface area contributed by atoms with Gasteiger partial charge >= 0.3 is 5.97 Å². The first kappa shape index (κ1) is 14.7. The van der Waals surface area contributed by atoms with Crippen LogP contribution < -0.4 is 5.32 Å². The Morgan fingerprint density at radius 1 is 1.53 bits per heavy atom. The maximum Gasteiger partial charge on any atom is 0.343 e. The van der Waals surface area contributed by atoms with E-state index in [-0.39, 0.29) is 25.0 Å². The first-order valence-corrected chi connectivity index (χ1v) is 6.17. The minimum absolute atomic E-state index is 0.0399. The van der Waals surface area contributed by atoms with Gasteiger partial charge in [-0.15, -0.1) is 0 Å². The molecule has 0 aliphatic carbocycles. The number of rotatable bonds is 6. The van der Waals surface area contributed by atoms with Crippen LogP contribution in [-0.4, -0.2) is 41.8 Å². The molecule has 0 aliphatic heterocycles. The van der Waals surface area contributed by atoms with Gasteiger partial charge in [-0.1, -0.05) is 18.3 Å². The van der Waals surface area contributed by atoms with Crippen molar-refractivity contribution < 1.29 is 19.4 Å². The minimum Gasteiger partial charge on any atom is -0.460 e. The molecule has 0 aromatic rings. The second-order valence-electron chi connectivity index (χ2n) is 2.33. The van der Waals surface area contributed by atoms with Gasteiger partial charge in [0.1, 0.15) is 6.61 Å². The molecule has 0 fully saturated rings. The van der Waals surface area contributed by atoms with Crippen LogP contribution >= 0.6 is 34.4 Å². The smallest absolute Gasteiger partial charge is 0.343 e. The van der Waals surface area contributed by atoms with Crippen LogP contribution in [0.15, 0.2) is 10.2 Å². The summed E-state index contributed by atoms with van der Waals surface area (Å²) in [6, 6.07) is 0. The van der Waals surface area contributed by atoms with E-state index in [1.165, 1.54) is 0 Å². The summed E-state index contributed by atoms with van der Waals surface area (Å²) in [4.78, 5) is 21.8. The lowest BCUT2D eigenvalue weighted by atomic mass is 10.6. The zero-order valence-corrected chi connectivity index (χ0v) is 11.0. The van der Waals surface area contributed by atoms with Crippen LogP contribution in [0.25, 0.3) is 0 Å². The lowest BCUT2D eigenvalue weighted by Crippen LogP contribution is -2.25. The van der Waals surface area contributed by atoms with Crippen LogP contribution in [0.1, 0.15) is 0 Å². The number of aliphatic hydroxyl groups excluding tert-OH is 1. The third-order valence-electron chi connectivity index (χ3n) is 1.15. The van der Waals surface area contributed by atoms with Gasteiger partial charge in [0, 0.05) is 5.75 Å². The van der Waals surface area contributed by atoms with E-state index >= 15 is 0 Å². The summed E-state index contributed by atoms with van der Waals surface area (Å²) in [6.07, 6.45) is 0. The predicted molar refractivity (Wildman–Crippen MR) is 67.1 cm³/mol. The van der Waals surface area contributed by atoms with Gasteiger partial charge in [0.05, 0.1) is 16.7 Å². The number of thioether (sulfide) groups is 1. The number of ether oxygens (including phenoxy) is 1. The Hall–Kier alpha value is -0.280. The molecule has 15 heavy (non-hydrogen) atoms. The standard InChI is InChI=1S/C8H12INO4S/c1-6(9)7(12)14-4-2-10-8(13)15-5-3-11/h11H,1-5H2,(H,10,13). The van der Waals surface area contributed by atoms with Crippen LogP contribution in [0.3, 0.4) is 0 Å². The van der Waals surface area contributed by atoms with Crippen molar-refractivity contribution in [1.29, 1.82) is 0 Å². The third kappa shape index (κ3) is 8.70. The van der Waals surface area contributed by atoms with E-state index < -0.39 is 5.97 Å². The van der Waals surface area contributed by atoms with Gasteiger partial charge in [-0.3, -0.25) is 4.79 Å². The number of carbonyl (C=O) groups is 2. The van der Waals surface area contributed by atoms with Crippen LogP contribution in [0.4, 0.5) is 4.79 Å². The summed E-state index contributed by atoms with van der Waals surface area (Å²) in [7, 11) is 0. The molecular formula is C8H12INO4S. The predicted octanol–water partition coefficient (Wildman–Crippen LogP) is 0.913. The molecule has 0 spiro atoms. The number of esters is 1. The molecule has 5 nitrogen and oxygen atoms in total. The van der Waals surface area contributed by atoms with Crippen LogP contribution in [0.2, 0.25) is 0 Å². The average molecular weight is 345 g/mol. The van der Waals surface area contributed by atoms with Gasteiger partial charge in [0.25, 0.3) is 5.24 Å². The van der Waals surface area contributed by atoms with Crippen molar-refractivity contribution in [3.8, 4) is 0 Å². The SMILES string of the molecule is C=C(I)C(=O)OCCNC(=O)SCCO. The van der Waals surface area contributed by atoms with Crippen molar-refractivity contribution in [1.82, 2.24) is 5.32 Å². The fourth-order valence-corrected chi connectivity index (χ4v) is 1.20. The first-order valence-electron chi connectivity index (χ1n) is 4.11. The van der Waals surface area contributed by atoms with Gasteiger partial charge in [-0.05, 0) is 22.6 Å². The molecule has 0 bridgehead atoms. The van der Waals surface area contributed by atoms with Gasteiger partial charge in [-0.25, -0.2) is 4.79 Å². The van der Waals surface area contributed by atoms with Crippen LogP contribution in [0.5, 0.6) is 0 Å². The second kappa shape index (κ2) is 8.98. The van der Waals surface area contributed by atoms with E-state index in [0.29, 0.717) is 9.33 Å². The van der Waals surface area contributed by atoms with Crippen molar-refractivity contribution >= 4 is 45.6 Å². The number of hydrogen-bond donors (Lipinski definition) is 2. The van der Waals surface area contributed by atoms with Gasteiger partial charge in [0.2, 0.25) is 0 Å². The summed E-state index contributed by atoms with van der Waals surface area (Å²) >= 11 is 2.75. The zero-order chi connectivity index (χ0) is 11.7. The van der Waals surface area contributed by atoms with Crippen molar-refractivity contribution in [3.63, 3.8) is 0 Å². The molecule has 7 heteroatoms. The van der Waals surface area contributed by atoms with Crippen molar-refractivity contribution in [2.24, 2.45) is 0 Å². The maximum absolute atomic E-state index is 11.0. The van der Waals surface area contributed by atoms with Crippen LogP contribution in [-0.2, 0) is 9.53 Å². The molecule has 2 N–H and O–H groups in total. The highest BCUT2D eigenvalue weighted by atomic mass is 127. The number of nitrogens with one attached hydrogen (secondary N) is 1. The Morgan fingerprint density at radius 2 is 2.20 bits per heavy atom. The molecule has 0 unspecified atom stereocenters. The number of amides is 1. The lowest BCUT2D eigenvalue weighted by Gasteiger charge is -2.05. The monoisotopic (exact) mass is 345 g/mol. The van der Waals surface area contributed by atoms with Crippen molar-refractivity contribution in [2.75, 3.05) is 25.5 Å². The normalized spacial score (nSPS) is 9.47. The number of carbonyl (C=O) groups excluding carboxylic acids is 2. The Kier molecular flexibility index (Phi) is 8.82. The summed E-state index contributed by atoms with van der Waals surface area (Å²) in [6.45, 7) is 3.74. The topological polar surface area (TPSA) is 75.6 Å². The fraction of sp³-hybridized carbons (Fsp3) is 0.500. The molecule has 0 saturated heterocycles. The number of halogens is 1. The van der Waals surface area contributed by atoms with Crippen molar-refractivity contribution in [2.45, 2.75) is 0 Å². The Labute approximate surface area is 106 Å². The molecule has 0 heterocycles. The minimum atomic E-state index is -0.479. The van der Waals surface area contributed by atoms with Crippen molar-refractivity contribution in [3.05, 3.63) is 10.2 Å². The number of hydrogen-bond acceptors (Lipinski definition) is 5. The number of aliphatic hydroxyl groups is 1. The highest BCUT2D eigenvalue weighted by molar-refractivity contribution is 14.1. The zero-order valence-electron chi connectivity index (χ0n) is 7.99. The Morgan fingerprint density at radius 3 is 2.73 bits per heavy atom. The summed E-state index contributed by atoms with van der Waals surface area (Å²) in [5, 5.41) is 10.7. The first-order chi connectivity index (χ1) is 7.07. The molecule has 0 aromatic carbocycles. The van der Waals surface area contributed by atoms with E-state index in [0.717, 1.165) is 11.8 Å². The molecule has 0 radical (unpaired) electrons. The molecule has 0 saturated carbocycles. The van der Waals surface area contributed by atoms with E-state index in [1.54, 1.807) is 22.6 Å². The molecule has 86 valence electrons. The maximum atomic E-state index is 11.0. The molecule has 1 amide bonds. The highest BCUT2D eigenvalue weighted by Gasteiger charge is 2.04. The molecule has 0 aromatic heterocycles. The second-order valence-corrected chi connectivity index (χ2v) is 4.70. The summed E-state index contributed by atoms with van der Waals surface area (Å²) in [5.41, 5.74) is 0. The van der Waals surface area contributed by atoms with Gasteiger partial charge in [0.15, 0.2) is 0 Å². The highest BCUT2D eigenvalue weighted by Crippen LogP contribution is 2.03. The molecular weight excluding hydrogens is 333 g/mol. The Balaban J connectivity index is 3.42. The third-order valence-corrected chi connectivity index (χ3v) is 2.38. The van der Waals surface area contributed by atoms with Crippen LogP contribution in [0, 0.1) is 0 Å². The summed E-state index contributed by atoms with van der Waals surface area (Å²) < 4.78 is 5.04. The largest absolute Gasteiger partial charge is 0.460 e. The summed E-state index contributed by atoms with van der Waals surface area (Å²) in [5.74, 6) is -0.122. The van der Waals surface area contributed by atoms with Gasteiger partial charge in [-0.2, -0.15) is 0 Å². The lowest BCUT2D eigenvalue weighted by molar-refractivity contribution is -0.137. The molecule has 0 atom stereocenters. The van der Waals surface area contributed by atoms with E-state index in [9.17, 15) is 9.59 Å². The quantitative estimate of drug-likeness (QED) is 0.324. The molecule has 0 rings (SSSR count). The van der Waals surface area contributed by atoms with Gasteiger partial charge < -0.3 is 15.2 Å². The average Bonchev–Trinajstić information content (AvgIpc) is 2.20. The fourth-order valence-electron chi connectivity index (χ4n) is 0.565.